The van der Waals surface area contributed by atoms with Crippen LogP contribution >= 0.6 is 0 Å². The fourth-order valence-electron chi connectivity index (χ4n) is 3.11. The third-order valence-electron chi connectivity index (χ3n) is 4.76. The molecule has 0 aliphatic carbocycles. The van der Waals surface area contributed by atoms with Gasteiger partial charge in [0.25, 0.3) is 10.1 Å². The molecular weight excluding hydrogens is 324 g/mol. The van der Waals surface area contributed by atoms with E-state index in [0.29, 0.717) is 12.8 Å². The van der Waals surface area contributed by atoms with Crippen molar-refractivity contribution >= 4 is 10.1 Å². The molecule has 146 valence electrons. The van der Waals surface area contributed by atoms with Gasteiger partial charge >= 0.3 is 0 Å². The minimum atomic E-state index is -3.94. The predicted molar refractivity (Wildman–Crippen MR) is 102 cm³/mol. The van der Waals surface area contributed by atoms with Gasteiger partial charge in [0, 0.05) is 0 Å². The Morgan fingerprint density at radius 1 is 0.667 bits per heavy atom. The third-order valence-corrected chi connectivity index (χ3v) is 6.07. The largest absolute Gasteiger partial charge is 0.393 e. The molecule has 0 spiro atoms. The van der Waals surface area contributed by atoms with Crippen molar-refractivity contribution in [2.75, 3.05) is 0 Å². The van der Waals surface area contributed by atoms with Crippen LogP contribution in [0.25, 0.3) is 0 Å². The van der Waals surface area contributed by atoms with Crippen molar-refractivity contribution in [3.63, 3.8) is 0 Å². The van der Waals surface area contributed by atoms with Gasteiger partial charge in [-0.05, 0) is 25.7 Å². The maximum absolute atomic E-state index is 11.5. The van der Waals surface area contributed by atoms with Crippen LogP contribution in [0.1, 0.15) is 110 Å². The van der Waals surface area contributed by atoms with E-state index in [-0.39, 0.29) is 6.10 Å². The van der Waals surface area contributed by atoms with Crippen LogP contribution in [-0.2, 0) is 10.1 Å². The number of hydrogen-bond acceptors (Lipinski definition) is 3. The maximum atomic E-state index is 11.5. The highest BCUT2D eigenvalue weighted by Crippen LogP contribution is 2.19. The van der Waals surface area contributed by atoms with E-state index >= 15 is 0 Å². The van der Waals surface area contributed by atoms with Crippen LogP contribution in [-0.4, -0.2) is 29.4 Å². The average Bonchev–Trinajstić information content (AvgIpc) is 2.52. The van der Waals surface area contributed by atoms with Crippen molar-refractivity contribution in [2.45, 2.75) is 122 Å². The van der Waals surface area contributed by atoms with E-state index in [9.17, 15) is 18.1 Å². The molecule has 0 aromatic carbocycles. The van der Waals surface area contributed by atoms with Gasteiger partial charge in [0.15, 0.2) is 0 Å². The van der Waals surface area contributed by atoms with Crippen molar-refractivity contribution in [3.05, 3.63) is 0 Å². The number of aliphatic hydroxyl groups is 1. The van der Waals surface area contributed by atoms with Crippen LogP contribution in [0.4, 0.5) is 0 Å². The molecule has 0 bridgehead atoms. The molecule has 24 heavy (non-hydrogen) atoms. The lowest BCUT2D eigenvalue weighted by atomic mass is 10.0. The molecule has 0 rings (SSSR count). The molecule has 2 unspecified atom stereocenters. The van der Waals surface area contributed by atoms with E-state index in [2.05, 4.69) is 13.8 Å². The molecule has 0 saturated carbocycles. The zero-order chi connectivity index (χ0) is 18.3. The first-order chi connectivity index (χ1) is 11.4. The highest BCUT2D eigenvalue weighted by atomic mass is 32.2. The van der Waals surface area contributed by atoms with E-state index in [4.69, 9.17) is 0 Å². The third kappa shape index (κ3) is 14.2. The lowest BCUT2D eigenvalue weighted by Gasteiger charge is -2.15. The Morgan fingerprint density at radius 2 is 1.08 bits per heavy atom. The van der Waals surface area contributed by atoms with Crippen LogP contribution in [0, 0.1) is 0 Å². The Labute approximate surface area is 150 Å². The molecule has 5 heteroatoms. The summed E-state index contributed by atoms with van der Waals surface area (Å²) < 4.78 is 32.4. The summed E-state index contributed by atoms with van der Waals surface area (Å²) in [6, 6.07) is 0. The van der Waals surface area contributed by atoms with E-state index < -0.39 is 15.4 Å². The highest BCUT2D eigenvalue weighted by Gasteiger charge is 2.22. The molecule has 2 atom stereocenters. The van der Waals surface area contributed by atoms with E-state index in [1.165, 1.54) is 25.7 Å². The normalized spacial score (nSPS) is 14.7. The van der Waals surface area contributed by atoms with Gasteiger partial charge in [-0.1, -0.05) is 84.5 Å². The van der Waals surface area contributed by atoms with Crippen LogP contribution < -0.4 is 0 Å². The summed E-state index contributed by atoms with van der Waals surface area (Å²) in [6.07, 6.45) is 14.1. The van der Waals surface area contributed by atoms with Crippen molar-refractivity contribution in [1.82, 2.24) is 0 Å². The summed E-state index contributed by atoms with van der Waals surface area (Å²) in [5, 5.41) is 9.18. The average molecular weight is 365 g/mol. The fourth-order valence-corrected chi connectivity index (χ4v) is 4.04. The number of aliphatic hydroxyl groups excluding tert-OH is 1. The van der Waals surface area contributed by atoms with Gasteiger partial charge in [-0.15, -0.1) is 0 Å². The van der Waals surface area contributed by atoms with Crippen molar-refractivity contribution in [1.29, 1.82) is 0 Å². The number of hydrogen-bond donors (Lipinski definition) is 2. The first-order valence-corrected chi connectivity index (χ1v) is 11.6. The quantitative estimate of drug-likeness (QED) is 0.264. The zero-order valence-corrected chi connectivity index (χ0v) is 16.7. The molecule has 0 aliphatic heterocycles. The topological polar surface area (TPSA) is 74.6 Å². The second-order valence-corrected chi connectivity index (χ2v) is 8.82. The second kappa shape index (κ2) is 15.2. The zero-order valence-electron chi connectivity index (χ0n) is 15.9. The molecule has 0 radical (unpaired) electrons. The summed E-state index contributed by atoms with van der Waals surface area (Å²) in [5.74, 6) is 0. The molecule has 0 fully saturated rings. The van der Waals surface area contributed by atoms with Gasteiger partial charge in [0.2, 0.25) is 0 Å². The summed E-state index contributed by atoms with van der Waals surface area (Å²) in [4.78, 5) is 0. The fraction of sp³-hybridized carbons (Fsp3) is 1.00. The molecule has 4 nitrogen and oxygen atoms in total. The minimum absolute atomic E-state index is 0.266. The van der Waals surface area contributed by atoms with Crippen LogP contribution in [0.5, 0.6) is 0 Å². The van der Waals surface area contributed by atoms with Gasteiger partial charge in [-0.25, -0.2) is 0 Å². The van der Waals surface area contributed by atoms with E-state index in [0.717, 1.165) is 57.8 Å². The van der Waals surface area contributed by atoms with E-state index in [1.54, 1.807) is 0 Å². The van der Waals surface area contributed by atoms with Crippen molar-refractivity contribution in [3.8, 4) is 0 Å². The van der Waals surface area contributed by atoms with E-state index in [1.807, 2.05) is 0 Å². The monoisotopic (exact) mass is 364 g/mol. The van der Waals surface area contributed by atoms with Crippen molar-refractivity contribution in [2.24, 2.45) is 0 Å². The van der Waals surface area contributed by atoms with Gasteiger partial charge in [0.05, 0.1) is 11.4 Å². The standard InChI is InChI=1S/C19H40O4S/c1-3-5-7-8-9-10-11-16-19(24(21,22)23)17-13-12-15-18(20)14-6-4-2/h18-20H,3-17H2,1-2H3,(H,21,22,23). The molecular formula is C19H40O4S. The molecule has 0 aliphatic rings. The number of rotatable bonds is 17. The Hall–Kier alpha value is -0.130. The Kier molecular flexibility index (Phi) is 15.1. The first kappa shape index (κ1) is 23.9. The molecule has 0 saturated heterocycles. The van der Waals surface area contributed by atoms with Crippen LogP contribution in [0.3, 0.4) is 0 Å². The van der Waals surface area contributed by atoms with Crippen LogP contribution in [0.2, 0.25) is 0 Å². The highest BCUT2D eigenvalue weighted by molar-refractivity contribution is 7.86. The minimum Gasteiger partial charge on any atom is -0.393 e. The summed E-state index contributed by atoms with van der Waals surface area (Å²) >= 11 is 0. The molecule has 0 aromatic rings. The van der Waals surface area contributed by atoms with Gasteiger partial charge in [-0.3, -0.25) is 4.55 Å². The van der Waals surface area contributed by atoms with Gasteiger partial charge in [-0.2, -0.15) is 8.42 Å². The lowest BCUT2D eigenvalue weighted by molar-refractivity contribution is 0.148. The molecule has 2 N–H and O–H groups in total. The smallest absolute Gasteiger partial charge is 0.267 e. The number of unbranched alkanes of at least 4 members (excludes halogenated alkanes) is 8. The summed E-state index contributed by atoms with van der Waals surface area (Å²) in [6.45, 7) is 4.30. The lowest BCUT2D eigenvalue weighted by Crippen LogP contribution is -2.20. The SMILES string of the molecule is CCCCCCCCCC(CCCCC(O)CCCC)S(=O)(=O)O. The second-order valence-electron chi connectivity index (χ2n) is 7.13. The maximum Gasteiger partial charge on any atom is 0.267 e. The molecule has 0 heterocycles. The summed E-state index contributed by atoms with van der Waals surface area (Å²) in [7, 11) is -3.94. The van der Waals surface area contributed by atoms with Gasteiger partial charge in [0.1, 0.15) is 0 Å². The molecule has 0 amide bonds. The summed E-state index contributed by atoms with van der Waals surface area (Å²) in [5.41, 5.74) is 0. The molecule has 0 aromatic heterocycles. The Morgan fingerprint density at radius 3 is 1.62 bits per heavy atom. The first-order valence-electron chi connectivity index (χ1n) is 10.1. The van der Waals surface area contributed by atoms with Gasteiger partial charge < -0.3 is 5.11 Å². The van der Waals surface area contributed by atoms with Crippen LogP contribution in [0.15, 0.2) is 0 Å². The Bertz CT molecular complexity index is 368. The Balaban J connectivity index is 3.87. The predicted octanol–water partition coefficient (Wildman–Crippen LogP) is 5.50. The van der Waals surface area contributed by atoms with Crippen molar-refractivity contribution < 1.29 is 18.1 Å².